The second-order valence-electron chi connectivity index (χ2n) is 7.60. The van der Waals surface area contributed by atoms with Crippen molar-refractivity contribution in [3.8, 4) is 5.75 Å². The van der Waals surface area contributed by atoms with E-state index < -0.39 is 0 Å². The summed E-state index contributed by atoms with van der Waals surface area (Å²) in [5.74, 6) is 0.107. The Morgan fingerprint density at radius 3 is 2.79 bits per heavy atom. The van der Waals surface area contributed by atoms with Crippen molar-refractivity contribution in [2.24, 2.45) is 0 Å². The van der Waals surface area contributed by atoms with Gasteiger partial charge in [0.05, 0.1) is 0 Å². The van der Waals surface area contributed by atoms with E-state index in [0.29, 0.717) is 17.7 Å². The van der Waals surface area contributed by atoms with Gasteiger partial charge in [0.25, 0.3) is 5.91 Å². The molecule has 0 spiro atoms. The Bertz CT molecular complexity index is 853. The van der Waals surface area contributed by atoms with Gasteiger partial charge in [0.2, 0.25) is 5.91 Å². The van der Waals surface area contributed by atoms with Crippen LogP contribution in [0.25, 0.3) is 0 Å². The molecule has 3 rings (SSSR count). The van der Waals surface area contributed by atoms with Crippen molar-refractivity contribution in [2.45, 2.75) is 45.2 Å². The third kappa shape index (κ3) is 6.32. The molecule has 1 aliphatic heterocycles. The molecule has 1 atom stereocenters. The molecule has 3 N–H and O–H groups in total. The first-order chi connectivity index (χ1) is 14.0. The number of aromatic hydroxyl groups is 1. The first-order valence-corrected chi connectivity index (χ1v) is 10.2. The zero-order valence-corrected chi connectivity index (χ0v) is 16.9. The molecule has 0 unspecified atom stereocenters. The van der Waals surface area contributed by atoms with E-state index >= 15 is 0 Å². The molecule has 0 bridgehead atoms. The molecule has 1 aliphatic rings. The minimum Gasteiger partial charge on any atom is -0.508 e. The van der Waals surface area contributed by atoms with E-state index in [1.165, 1.54) is 0 Å². The average molecular weight is 396 g/mol. The summed E-state index contributed by atoms with van der Waals surface area (Å²) in [6.45, 7) is 4.45. The molecular weight excluding hydrogens is 366 g/mol. The van der Waals surface area contributed by atoms with Crippen LogP contribution in [0.4, 0.5) is 5.69 Å². The number of amides is 2. The summed E-state index contributed by atoms with van der Waals surface area (Å²) in [6, 6.07) is 14.4. The van der Waals surface area contributed by atoms with Crippen LogP contribution in [-0.2, 0) is 11.3 Å². The Morgan fingerprint density at radius 1 is 1.17 bits per heavy atom. The SMILES string of the molecule is CCCC(=O)Nc1cccc(C(=O)N[C@@H]2CCCN(Cc3cccc(O)c3)C2)c1. The maximum Gasteiger partial charge on any atom is 0.251 e. The molecule has 154 valence electrons. The lowest BCUT2D eigenvalue weighted by atomic mass is 10.0. The van der Waals surface area contributed by atoms with Crippen molar-refractivity contribution < 1.29 is 14.7 Å². The van der Waals surface area contributed by atoms with Crippen LogP contribution in [0.1, 0.15) is 48.5 Å². The minimum atomic E-state index is -0.124. The molecule has 2 aromatic rings. The largest absolute Gasteiger partial charge is 0.508 e. The van der Waals surface area contributed by atoms with E-state index in [2.05, 4.69) is 15.5 Å². The number of hydrogen-bond acceptors (Lipinski definition) is 4. The van der Waals surface area contributed by atoms with E-state index in [9.17, 15) is 14.7 Å². The Balaban J connectivity index is 1.56. The number of benzene rings is 2. The summed E-state index contributed by atoms with van der Waals surface area (Å²) in [5.41, 5.74) is 2.25. The number of nitrogens with zero attached hydrogens (tertiary/aromatic N) is 1. The number of hydrogen-bond donors (Lipinski definition) is 3. The summed E-state index contributed by atoms with van der Waals surface area (Å²) < 4.78 is 0. The van der Waals surface area contributed by atoms with Crippen LogP contribution in [0, 0.1) is 0 Å². The zero-order valence-electron chi connectivity index (χ0n) is 16.9. The molecule has 0 aromatic heterocycles. The molecule has 0 saturated carbocycles. The van der Waals surface area contributed by atoms with Crippen molar-refractivity contribution in [1.82, 2.24) is 10.2 Å². The van der Waals surface area contributed by atoms with Gasteiger partial charge in [-0.25, -0.2) is 0 Å². The van der Waals surface area contributed by atoms with Gasteiger partial charge in [-0.2, -0.15) is 0 Å². The van der Waals surface area contributed by atoms with Crippen LogP contribution >= 0.6 is 0 Å². The Hall–Kier alpha value is -2.86. The zero-order chi connectivity index (χ0) is 20.6. The summed E-state index contributed by atoms with van der Waals surface area (Å²) in [4.78, 5) is 26.8. The van der Waals surface area contributed by atoms with Gasteiger partial charge in [-0.05, 0) is 61.7 Å². The fraction of sp³-hybridized carbons (Fsp3) is 0.391. The lowest BCUT2D eigenvalue weighted by Crippen LogP contribution is -2.47. The molecule has 29 heavy (non-hydrogen) atoms. The molecule has 0 aliphatic carbocycles. The van der Waals surface area contributed by atoms with Gasteiger partial charge >= 0.3 is 0 Å². The van der Waals surface area contributed by atoms with Crippen molar-refractivity contribution in [3.05, 3.63) is 59.7 Å². The van der Waals surface area contributed by atoms with Crippen LogP contribution in [0.2, 0.25) is 0 Å². The number of carbonyl (C=O) groups excluding carboxylic acids is 2. The maximum absolute atomic E-state index is 12.7. The monoisotopic (exact) mass is 395 g/mol. The molecule has 2 amide bonds. The number of phenolic OH excluding ortho intramolecular Hbond substituents is 1. The van der Waals surface area contributed by atoms with Crippen molar-refractivity contribution in [1.29, 1.82) is 0 Å². The van der Waals surface area contributed by atoms with Gasteiger partial charge in [-0.3, -0.25) is 14.5 Å². The third-order valence-electron chi connectivity index (χ3n) is 5.04. The lowest BCUT2D eigenvalue weighted by Gasteiger charge is -2.33. The van der Waals surface area contributed by atoms with Gasteiger partial charge < -0.3 is 15.7 Å². The van der Waals surface area contributed by atoms with E-state index in [-0.39, 0.29) is 23.6 Å². The Morgan fingerprint density at radius 2 is 2.00 bits per heavy atom. The fourth-order valence-electron chi connectivity index (χ4n) is 3.69. The van der Waals surface area contributed by atoms with Gasteiger partial charge in [0.1, 0.15) is 5.75 Å². The van der Waals surface area contributed by atoms with Gasteiger partial charge in [-0.15, -0.1) is 0 Å². The molecule has 1 fully saturated rings. The van der Waals surface area contributed by atoms with Crippen molar-refractivity contribution in [3.63, 3.8) is 0 Å². The third-order valence-corrected chi connectivity index (χ3v) is 5.04. The smallest absolute Gasteiger partial charge is 0.251 e. The number of anilines is 1. The van der Waals surface area contributed by atoms with Gasteiger partial charge in [0.15, 0.2) is 0 Å². The van der Waals surface area contributed by atoms with Gasteiger partial charge in [-0.1, -0.05) is 25.1 Å². The summed E-state index contributed by atoms with van der Waals surface area (Å²) in [5, 5.41) is 15.6. The topological polar surface area (TPSA) is 81.7 Å². The molecule has 2 aromatic carbocycles. The molecular formula is C23H29N3O3. The highest BCUT2D eigenvalue weighted by Crippen LogP contribution is 2.18. The van der Waals surface area contributed by atoms with Crippen molar-refractivity contribution >= 4 is 17.5 Å². The number of phenols is 1. The molecule has 1 saturated heterocycles. The Kier molecular flexibility index (Phi) is 7.25. The van der Waals surface area contributed by atoms with E-state index in [1.807, 2.05) is 19.1 Å². The van der Waals surface area contributed by atoms with Crippen LogP contribution in [-0.4, -0.2) is 41.0 Å². The average Bonchev–Trinajstić information content (AvgIpc) is 2.68. The van der Waals surface area contributed by atoms with Crippen LogP contribution in [0.3, 0.4) is 0 Å². The van der Waals surface area contributed by atoms with E-state index in [0.717, 1.165) is 44.5 Å². The predicted octanol–water partition coefficient (Wildman–Crippen LogP) is 3.53. The van der Waals surface area contributed by atoms with Crippen molar-refractivity contribution in [2.75, 3.05) is 18.4 Å². The molecule has 0 radical (unpaired) electrons. The predicted molar refractivity (Wildman–Crippen MR) is 114 cm³/mol. The molecule has 6 nitrogen and oxygen atoms in total. The summed E-state index contributed by atoms with van der Waals surface area (Å²) >= 11 is 0. The molecule has 6 heteroatoms. The van der Waals surface area contributed by atoms with Gasteiger partial charge in [0, 0.05) is 36.8 Å². The lowest BCUT2D eigenvalue weighted by molar-refractivity contribution is -0.116. The Labute approximate surface area is 171 Å². The maximum atomic E-state index is 12.7. The standard InChI is InChI=1S/C23H29N3O3/c1-2-6-22(28)24-19-9-4-8-18(14-19)23(29)25-20-10-5-12-26(16-20)15-17-7-3-11-21(27)13-17/h3-4,7-9,11,13-14,20,27H,2,5-6,10,12,15-16H2,1H3,(H,24,28)(H,25,29)/t20-/m1/s1. The number of piperidine rings is 1. The number of nitrogens with one attached hydrogen (secondary N) is 2. The first kappa shape index (κ1) is 20.9. The summed E-state index contributed by atoms with van der Waals surface area (Å²) in [7, 11) is 0. The number of carbonyl (C=O) groups is 2. The number of likely N-dealkylation sites (tertiary alicyclic amines) is 1. The van der Waals surface area contributed by atoms with Crippen LogP contribution in [0.5, 0.6) is 5.75 Å². The highest BCUT2D eigenvalue weighted by Gasteiger charge is 2.22. The first-order valence-electron chi connectivity index (χ1n) is 10.2. The van der Waals surface area contributed by atoms with Crippen LogP contribution < -0.4 is 10.6 Å². The fourth-order valence-corrected chi connectivity index (χ4v) is 3.69. The second kappa shape index (κ2) is 10.1. The minimum absolute atomic E-state index is 0.0417. The van der Waals surface area contributed by atoms with Crippen LogP contribution in [0.15, 0.2) is 48.5 Å². The highest BCUT2D eigenvalue weighted by atomic mass is 16.3. The normalized spacial score (nSPS) is 16.9. The van der Waals surface area contributed by atoms with E-state index in [4.69, 9.17) is 0 Å². The number of rotatable bonds is 7. The second-order valence-corrected chi connectivity index (χ2v) is 7.60. The summed E-state index contributed by atoms with van der Waals surface area (Å²) in [6.07, 6.45) is 3.20. The van der Waals surface area contributed by atoms with E-state index in [1.54, 1.807) is 36.4 Å². The highest BCUT2D eigenvalue weighted by molar-refractivity contribution is 5.97. The molecule has 1 heterocycles. The quantitative estimate of drug-likeness (QED) is 0.670.